The van der Waals surface area contributed by atoms with Crippen LogP contribution in [0.25, 0.3) is 0 Å². The second-order valence-electron chi connectivity index (χ2n) is 3.46. The maximum atomic E-state index is 5.41. The highest BCUT2D eigenvalue weighted by atomic mass is 14.9. The van der Waals surface area contributed by atoms with Crippen molar-refractivity contribution in [3.05, 3.63) is 18.1 Å². The molecule has 0 fully saturated rings. The topological polar surface area (TPSA) is 63.8 Å². The summed E-state index contributed by atoms with van der Waals surface area (Å²) in [6, 6.07) is 0. The van der Waals surface area contributed by atoms with Crippen LogP contribution in [-0.2, 0) is 6.54 Å². The van der Waals surface area contributed by atoms with Gasteiger partial charge in [0.15, 0.2) is 0 Å². The van der Waals surface area contributed by atoms with E-state index in [0.717, 1.165) is 18.8 Å². The van der Waals surface area contributed by atoms with Gasteiger partial charge in [0.2, 0.25) is 0 Å². The standard InChI is InChI=1S/C9H16N4/c1-7(2)3-11-4-8-5-13-9(10)6-12-8/h5-7,11H,3-4H2,1-2H3,(H2,10,13). The Morgan fingerprint density at radius 1 is 1.38 bits per heavy atom. The van der Waals surface area contributed by atoms with Gasteiger partial charge < -0.3 is 11.1 Å². The van der Waals surface area contributed by atoms with E-state index in [4.69, 9.17) is 5.73 Å². The summed E-state index contributed by atoms with van der Waals surface area (Å²) in [7, 11) is 0. The molecule has 0 unspecified atom stereocenters. The van der Waals surface area contributed by atoms with E-state index in [-0.39, 0.29) is 0 Å². The SMILES string of the molecule is CC(C)CNCc1cnc(N)cn1. The van der Waals surface area contributed by atoms with Gasteiger partial charge in [0.25, 0.3) is 0 Å². The van der Waals surface area contributed by atoms with Crippen molar-refractivity contribution in [3.63, 3.8) is 0 Å². The lowest BCUT2D eigenvalue weighted by Crippen LogP contribution is -2.19. The molecule has 4 nitrogen and oxygen atoms in total. The molecule has 0 aliphatic rings. The van der Waals surface area contributed by atoms with Crippen molar-refractivity contribution in [1.82, 2.24) is 15.3 Å². The Morgan fingerprint density at radius 3 is 2.69 bits per heavy atom. The van der Waals surface area contributed by atoms with E-state index >= 15 is 0 Å². The number of nitrogens with two attached hydrogens (primary N) is 1. The fourth-order valence-corrected chi connectivity index (χ4v) is 0.945. The molecule has 0 aliphatic heterocycles. The summed E-state index contributed by atoms with van der Waals surface area (Å²) >= 11 is 0. The van der Waals surface area contributed by atoms with Crippen LogP contribution in [0.1, 0.15) is 19.5 Å². The van der Waals surface area contributed by atoms with Crippen LogP contribution >= 0.6 is 0 Å². The van der Waals surface area contributed by atoms with Gasteiger partial charge in [0.1, 0.15) is 5.82 Å². The normalized spacial score (nSPS) is 10.7. The van der Waals surface area contributed by atoms with Crippen molar-refractivity contribution < 1.29 is 0 Å². The summed E-state index contributed by atoms with van der Waals surface area (Å²) in [5, 5.41) is 3.28. The molecule has 0 bridgehead atoms. The molecule has 0 radical (unpaired) electrons. The second kappa shape index (κ2) is 4.77. The quantitative estimate of drug-likeness (QED) is 0.719. The zero-order valence-electron chi connectivity index (χ0n) is 8.12. The molecular formula is C9H16N4. The Hall–Kier alpha value is -1.16. The number of nitrogens with one attached hydrogen (secondary N) is 1. The van der Waals surface area contributed by atoms with Crippen molar-refractivity contribution in [3.8, 4) is 0 Å². The average Bonchev–Trinajstić information content (AvgIpc) is 2.08. The number of rotatable bonds is 4. The molecule has 1 rings (SSSR count). The van der Waals surface area contributed by atoms with Gasteiger partial charge in [0.05, 0.1) is 18.1 Å². The van der Waals surface area contributed by atoms with Gasteiger partial charge in [-0.1, -0.05) is 13.8 Å². The summed E-state index contributed by atoms with van der Waals surface area (Å²) in [5.74, 6) is 1.12. The van der Waals surface area contributed by atoms with E-state index in [1.165, 1.54) is 0 Å². The van der Waals surface area contributed by atoms with Crippen LogP contribution in [0.5, 0.6) is 0 Å². The Kier molecular flexibility index (Phi) is 3.64. The Balaban J connectivity index is 2.33. The molecule has 3 N–H and O–H groups in total. The van der Waals surface area contributed by atoms with Crippen molar-refractivity contribution in [2.75, 3.05) is 12.3 Å². The monoisotopic (exact) mass is 180 g/mol. The molecule has 0 atom stereocenters. The van der Waals surface area contributed by atoms with Crippen molar-refractivity contribution >= 4 is 5.82 Å². The minimum Gasteiger partial charge on any atom is -0.382 e. The third-order valence-electron chi connectivity index (χ3n) is 1.58. The summed E-state index contributed by atoms with van der Waals surface area (Å²) in [6.45, 7) is 6.08. The highest BCUT2D eigenvalue weighted by molar-refractivity contribution is 5.22. The minimum absolute atomic E-state index is 0.465. The van der Waals surface area contributed by atoms with Gasteiger partial charge in [-0.25, -0.2) is 4.98 Å². The molecule has 1 heterocycles. The first-order valence-electron chi connectivity index (χ1n) is 4.45. The van der Waals surface area contributed by atoms with E-state index in [1.54, 1.807) is 12.4 Å². The van der Waals surface area contributed by atoms with Crippen LogP contribution in [0.15, 0.2) is 12.4 Å². The van der Waals surface area contributed by atoms with Crippen molar-refractivity contribution in [2.45, 2.75) is 20.4 Å². The third kappa shape index (κ3) is 3.85. The number of aromatic nitrogens is 2. The highest BCUT2D eigenvalue weighted by Crippen LogP contribution is 1.96. The van der Waals surface area contributed by atoms with E-state index in [0.29, 0.717) is 11.7 Å². The number of hydrogen-bond acceptors (Lipinski definition) is 4. The Labute approximate surface area is 78.6 Å². The summed E-state index contributed by atoms with van der Waals surface area (Å²) in [4.78, 5) is 8.08. The van der Waals surface area contributed by atoms with Crippen LogP contribution in [0.4, 0.5) is 5.82 Å². The summed E-state index contributed by atoms with van der Waals surface area (Å²) < 4.78 is 0. The zero-order chi connectivity index (χ0) is 9.68. The Bertz CT molecular complexity index is 242. The van der Waals surface area contributed by atoms with Crippen molar-refractivity contribution in [2.24, 2.45) is 5.92 Å². The Morgan fingerprint density at radius 2 is 2.15 bits per heavy atom. The first-order valence-corrected chi connectivity index (χ1v) is 4.45. The van der Waals surface area contributed by atoms with Crippen molar-refractivity contribution in [1.29, 1.82) is 0 Å². The predicted octanol–water partition coefficient (Wildman–Crippen LogP) is 0.804. The lowest BCUT2D eigenvalue weighted by atomic mass is 10.2. The number of nitrogen functional groups attached to an aromatic ring is 1. The van der Waals surface area contributed by atoms with Gasteiger partial charge >= 0.3 is 0 Å². The summed E-state index contributed by atoms with van der Waals surface area (Å²) in [5.41, 5.74) is 6.34. The van der Waals surface area contributed by atoms with E-state index in [9.17, 15) is 0 Å². The second-order valence-corrected chi connectivity index (χ2v) is 3.46. The molecule has 0 aliphatic carbocycles. The van der Waals surface area contributed by atoms with Gasteiger partial charge in [-0.2, -0.15) is 0 Å². The highest BCUT2D eigenvalue weighted by Gasteiger charge is 1.96. The van der Waals surface area contributed by atoms with Crippen LogP contribution in [0.2, 0.25) is 0 Å². The molecule has 0 amide bonds. The molecule has 13 heavy (non-hydrogen) atoms. The fourth-order valence-electron chi connectivity index (χ4n) is 0.945. The minimum atomic E-state index is 0.465. The molecule has 0 spiro atoms. The lowest BCUT2D eigenvalue weighted by Gasteiger charge is -2.06. The van der Waals surface area contributed by atoms with E-state index in [2.05, 4.69) is 29.1 Å². The zero-order valence-corrected chi connectivity index (χ0v) is 8.12. The first kappa shape index (κ1) is 9.92. The fraction of sp³-hybridized carbons (Fsp3) is 0.556. The van der Waals surface area contributed by atoms with Crippen LogP contribution in [0.3, 0.4) is 0 Å². The third-order valence-corrected chi connectivity index (χ3v) is 1.58. The van der Waals surface area contributed by atoms with Gasteiger partial charge in [-0.15, -0.1) is 0 Å². The average molecular weight is 180 g/mol. The molecule has 0 aromatic carbocycles. The van der Waals surface area contributed by atoms with Crippen LogP contribution in [-0.4, -0.2) is 16.5 Å². The number of anilines is 1. The maximum absolute atomic E-state index is 5.41. The van der Waals surface area contributed by atoms with Crippen LogP contribution in [0, 0.1) is 5.92 Å². The first-order chi connectivity index (χ1) is 6.18. The molecule has 72 valence electrons. The molecular weight excluding hydrogens is 164 g/mol. The van der Waals surface area contributed by atoms with Gasteiger partial charge in [-0.05, 0) is 12.5 Å². The number of hydrogen-bond donors (Lipinski definition) is 2. The lowest BCUT2D eigenvalue weighted by molar-refractivity contribution is 0.547. The molecule has 4 heteroatoms. The number of nitrogens with zero attached hydrogens (tertiary/aromatic N) is 2. The maximum Gasteiger partial charge on any atom is 0.141 e. The largest absolute Gasteiger partial charge is 0.382 e. The van der Waals surface area contributed by atoms with E-state index < -0.39 is 0 Å². The van der Waals surface area contributed by atoms with Gasteiger partial charge in [-0.3, -0.25) is 4.98 Å². The molecule has 1 aromatic heterocycles. The summed E-state index contributed by atoms with van der Waals surface area (Å²) in [6.07, 6.45) is 3.27. The predicted molar refractivity (Wildman–Crippen MR) is 53.0 cm³/mol. The molecule has 1 aromatic rings. The molecule has 0 saturated heterocycles. The molecule has 0 saturated carbocycles. The van der Waals surface area contributed by atoms with E-state index in [1.807, 2.05) is 0 Å². The smallest absolute Gasteiger partial charge is 0.141 e. The van der Waals surface area contributed by atoms with Crippen LogP contribution < -0.4 is 11.1 Å². The van der Waals surface area contributed by atoms with Gasteiger partial charge in [0, 0.05) is 6.54 Å².